The summed E-state index contributed by atoms with van der Waals surface area (Å²) in [5.41, 5.74) is -0.465. The van der Waals surface area contributed by atoms with Crippen LogP contribution in [-0.2, 0) is 0 Å². The van der Waals surface area contributed by atoms with Crippen LogP contribution >= 0.6 is 0 Å². The van der Waals surface area contributed by atoms with E-state index in [0.717, 1.165) is 38.5 Å². The van der Waals surface area contributed by atoms with Gasteiger partial charge < -0.3 is 10.2 Å². The van der Waals surface area contributed by atoms with E-state index in [2.05, 4.69) is 26.2 Å². The van der Waals surface area contributed by atoms with Crippen LogP contribution in [0.25, 0.3) is 0 Å². The van der Waals surface area contributed by atoms with Crippen molar-refractivity contribution in [1.29, 1.82) is 5.26 Å². The summed E-state index contributed by atoms with van der Waals surface area (Å²) < 4.78 is 0. The van der Waals surface area contributed by atoms with Crippen molar-refractivity contribution in [2.45, 2.75) is 12.5 Å². The van der Waals surface area contributed by atoms with Crippen LogP contribution in [0.3, 0.4) is 0 Å². The van der Waals surface area contributed by atoms with E-state index < -0.39 is 5.54 Å². The Labute approximate surface area is 114 Å². The van der Waals surface area contributed by atoms with Gasteiger partial charge in [0.25, 0.3) is 0 Å². The van der Waals surface area contributed by atoms with E-state index in [1.165, 1.54) is 0 Å². The van der Waals surface area contributed by atoms with Gasteiger partial charge in [-0.3, -0.25) is 4.90 Å². The lowest BCUT2D eigenvalue weighted by Gasteiger charge is -2.38. The maximum absolute atomic E-state index is 9.19. The van der Waals surface area contributed by atoms with Crippen LogP contribution in [0.2, 0.25) is 0 Å². The molecule has 19 heavy (non-hydrogen) atoms. The molecule has 1 aliphatic heterocycles. The molecule has 0 radical (unpaired) electrons. The summed E-state index contributed by atoms with van der Waals surface area (Å²) >= 11 is 0. The number of rotatable bonds is 4. The first-order valence-electron chi connectivity index (χ1n) is 6.65. The predicted molar refractivity (Wildman–Crippen MR) is 76.0 cm³/mol. The molecule has 0 amide bonds. The summed E-state index contributed by atoms with van der Waals surface area (Å²) in [5, 5.41) is 12.3. The average Bonchev–Trinajstić information content (AvgIpc) is 2.49. The van der Waals surface area contributed by atoms with Crippen LogP contribution in [0.5, 0.6) is 0 Å². The lowest BCUT2D eigenvalue weighted by Crippen LogP contribution is -2.54. The first kappa shape index (κ1) is 13.8. The van der Waals surface area contributed by atoms with Gasteiger partial charge in [0.1, 0.15) is 11.4 Å². The Bertz CT molecular complexity index is 433. The number of pyridine rings is 1. The Morgan fingerprint density at radius 3 is 2.63 bits per heavy atom. The van der Waals surface area contributed by atoms with Gasteiger partial charge in [-0.05, 0) is 26.1 Å². The number of likely N-dealkylation sites (N-methyl/N-ethyl adjacent to an activating group) is 1. The van der Waals surface area contributed by atoms with Crippen molar-refractivity contribution in [3.63, 3.8) is 0 Å². The third kappa shape index (κ3) is 3.43. The minimum Gasteiger partial charge on any atom is -0.354 e. The lowest BCUT2D eigenvalue weighted by atomic mass is 10.0. The van der Waals surface area contributed by atoms with Gasteiger partial charge in [-0.25, -0.2) is 4.98 Å². The number of nitriles is 1. The molecule has 1 aliphatic rings. The molecule has 0 bridgehead atoms. The number of piperazine rings is 1. The van der Waals surface area contributed by atoms with Gasteiger partial charge in [-0.15, -0.1) is 0 Å². The van der Waals surface area contributed by atoms with Gasteiger partial charge in [0, 0.05) is 38.9 Å². The van der Waals surface area contributed by atoms with Crippen molar-refractivity contribution in [3.05, 3.63) is 24.4 Å². The normalized spacial score (nSPS) is 19.7. The quantitative estimate of drug-likeness (QED) is 0.863. The third-order valence-electron chi connectivity index (χ3n) is 3.68. The highest BCUT2D eigenvalue weighted by Crippen LogP contribution is 2.14. The molecule has 0 aromatic carbocycles. The number of hydrogen-bond acceptors (Lipinski definition) is 5. The fourth-order valence-electron chi connectivity index (χ4n) is 2.29. The molecular formula is C14H21N5. The zero-order chi connectivity index (χ0) is 13.7. The summed E-state index contributed by atoms with van der Waals surface area (Å²) in [6, 6.07) is 8.34. The fraction of sp³-hybridized carbons (Fsp3) is 0.571. The molecule has 2 heterocycles. The second kappa shape index (κ2) is 6.00. The first-order valence-corrected chi connectivity index (χ1v) is 6.65. The molecule has 0 saturated carbocycles. The number of nitrogens with zero attached hydrogens (tertiary/aromatic N) is 4. The Morgan fingerprint density at radius 1 is 1.37 bits per heavy atom. The molecule has 0 spiro atoms. The fourth-order valence-corrected chi connectivity index (χ4v) is 2.29. The van der Waals surface area contributed by atoms with E-state index in [1.807, 2.05) is 38.4 Å². The van der Waals surface area contributed by atoms with Crippen LogP contribution in [0.15, 0.2) is 24.4 Å². The monoisotopic (exact) mass is 259 g/mol. The summed E-state index contributed by atoms with van der Waals surface area (Å²) in [6.07, 6.45) is 1.83. The molecule has 1 N–H and O–H groups in total. The average molecular weight is 259 g/mol. The molecule has 1 fully saturated rings. The molecule has 1 aromatic rings. The van der Waals surface area contributed by atoms with E-state index in [9.17, 15) is 5.26 Å². The molecule has 1 aromatic heterocycles. The zero-order valence-electron chi connectivity index (χ0n) is 11.6. The largest absolute Gasteiger partial charge is 0.354 e. The van der Waals surface area contributed by atoms with E-state index >= 15 is 0 Å². The standard InChI is InChI=1S/C14H21N5/c1-14(11-15,16-2)12-18-7-9-19(10-8-18)13-5-3-4-6-17-13/h3-6,16H,7-10,12H2,1-2H3. The van der Waals surface area contributed by atoms with Crippen molar-refractivity contribution in [1.82, 2.24) is 15.2 Å². The smallest absolute Gasteiger partial charge is 0.128 e. The molecule has 5 nitrogen and oxygen atoms in total. The van der Waals surface area contributed by atoms with Gasteiger partial charge in [0.2, 0.25) is 0 Å². The SMILES string of the molecule is CNC(C)(C#N)CN1CCN(c2ccccn2)CC1. The van der Waals surface area contributed by atoms with Crippen LogP contribution in [-0.4, -0.2) is 55.2 Å². The van der Waals surface area contributed by atoms with Gasteiger partial charge in [-0.2, -0.15) is 5.26 Å². The lowest BCUT2D eigenvalue weighted by molar-refractivity contribution is 0.213. The Hall–Kier alpha value is -1.64. The molecule has 102 valence electrons. The second-order valence-corrected chi connectivity index (χ2v) is 5.15. The van der Waals surface area contributed by atoms with E-state index in [-0.39, 0.29) is 0 Å². The number of nitrogens with one attached hydrogen (secondary N) is 1. The number of anilines is 1. The van der Waals surface area contributed by atoms with Crippen molar-refractivity contribution < 1.29 is 0 Å². The maximum atomic E-state index is 9.19. The second-order valence-electron chi connectivity index (χ2n) is 5.15. The molecule has 1 saturated heterocycles. The zero-order valence-corrected chi connectivity index (χ0v) is 11.6. The van der Waals surface area contributed by atoms with Crippen LogP contribution in [0.1, 0.15) is 6.92 Å². The molecule has 1 unspecified atom stereocenters. The molecule has 1 atom stereocenters. The highest BCUT2D eigenvalue weighted by molar-refractivity contribution is 5.38. The maximum Gasteiger partial charge on any atom is 0.128 e. The van der Waals surface area contributed by atoms with Crippen LogP contribution in [0, 0.1) is 11.3 Å². The minimum atomic E-state index is -0.465. The van der Waals surface area contributed by atoms with E-state index in [1.54, 1.807) is 0 Å². The van der Waals surface area contributed by atoms with Gasteiger partial charge in [-0.1, -0.05) is 6.07 Å². The van der Waals surface area contributed by atoms with E-state index in [0.29, 0.717) is 0 Å². The summed E-state index contributed by atoms with van der Waals surface area (Å²) in [6.45, 7) is 6.56. The summed E-state index contributed by atoms with van der Waals surface area (Å²) in [7, 11) is 1.84. The van der Waals surface area contributed by atoms with Gasteiger partial charge >= 0.3 is 0 Å². The van der Waals surface area contributed by atoms with Crippen molar-refractivity contribution >= 4 is 5.82 Å². The van der Waals surface area contributed by atoms with Gasteiger partial charge in [0.15, 0.2) is 0 Å². The Morgan fingerprint density at radius 2 is 2.11 bits per heavy atom. The van der Waals surface area contributed by atoms with Crippen molar-refractivity contribution in [2.24, 2.45) is 0 Å². The van der Waals surface area contributed by atoms with Crippen molar-refractivity contribution in [2.75, 3.05) is 44.7 Å². The number of hydrogen-bond donors (Lipinski definition) is 1. The van der Waals surface area contributed by atoms with E-state index in [4.69, 9.17) is 0 Å². The Balaban J connectivity index is 1.88. The molecular weight excluding hydrogens is 238 g/mol. The van der Waals surface area contributed by atoms with Gasteiger partial charge in [0.05, 0.1) is 6.07 Å². The molecule has 2 rings (SSSR count). The third-order valence-corrected chi connectivity index (χ3v) is 3.68. The summed E-state index contributed by atoms with van der Waals surface area (Å²) in [4.78, 5) is 9.00. The van der Waals surface area contributed by atoms with Crippen LogP contribution < -0.4 is 10.2 Å². The van der Waals surface area contributed by atoms with Crippen LogP contribution in [0.4, 0.5) is 5.82 Å². The predicted octanol–water partition coefficient (Wildman–Crippen LogP) is 0.705. The Kier molecular flexibility index (Phi) is 4.35. The highest BCUT2D eigenvalue weighted by Gasteiger charge is 2.27. The summed E-state index contributed by atoms with van der Waals surface area (Å²) in [5.74, 6) is 1.04. The molecule has 0 aliphatic carbocycles. The number of aromatic nitrogens is 1. The first-order chi connectivity index (χ1) is 9.17. The minimum absolute atomic E-state index is 0.465. The highest BCUT2D eigenvalue weighted by atomic mass is 15.3. The van der Waals surface area contributed by atoms with Crippen molar-refractivity contribution in [3.8, 4) is 6.07 Å². The topological polar surface area (TPSA) is 55.2 Å². The molecule has 5 heteroatoms.